The summed E-state index contributed by atoms with van der Waals surface area (Å²) in [6.07, 6.45) is 2.51. The average Bonchev–Trinajstić information content (AvgIpc) is 2.57. The summed E-state index contributed by atoms with van der Waals surface area (Å²) in [4.78, 5) is 0.619. The van der Waals surface area contributed by atoms with Gasteiger partial charge < -0.3 is 10.2 Å². The van der Waals surface area contributed by atoms with Gasteiger partial charge in [0.05, 0.1) is 22.2 Å². The molecule has 0 heterocycles. The molecule has 23 heavy (non-hydrogen) atoms. The number of unbranched alkanes of at least 4 members (excludes halogenated alkanes) is 1. The summed E-state index contributed by atoms with van der Waals surface area (Å²) in [5.74, 6) is 0.143. The molecule has 3 nitrogen and oxygen atoms in total. The second-order valence-corrected chi connectivity index (χ2v) is 7.67. The van der Waals surface area contributed by atoms with Crippen LogP contribution in [0, 0.1) is 6.92 Å². The third-order valence-electron chi connectivity index (χ3n) is 4.17. The number of aromatic hydroxyl groups is 1. The summed E-state index contributed by atoms with van der Waals surface area (Å²) >= 11 is 0. The molecule has 0 amide bonds. The molecule has 0 aliphatic heterocycles. The summed E-state index contributed by atoms with van der Waals surface area (Å²) < 4.78 is 12.5. The molecule has 2 N–H and O–H groups in total. The van der Waals surface area contributed by atoms with Crippen LogP contribution in [-0.2, 0) is 15.5 Å². The molecule has 2 aromatic carbocycles. The van der Waals surface area contributed by atoms with Gasteiger partial charge in [0.1, 0.15) is 5.75 Å². The van der Waals surface area contributed by atoms with E-state index in [1.807, 2.05) is 31.2 Å². The molecule has 4 heteroatoms. The van der Waals surface area contributed by atoms with Crippen molar-refractivity contribution in [3.8, 4) is 5.75 Å². The van der Waals surface area contributed by atoms with Crippen LogP contribution in [0.2, 0.25) is 0 Å². The number of hydrogen-bond donors (Lipinski definition) is 2. The fourth-order valence-corrected chi connectivity index (χ4v) is 4.32. The summed E-state index contributed by atoms with van der Waals surface area (Å²) in [6, 6.07) is 14.3. The Morgan fingerprint density at radius 3 is 2.17 bits per heavy atom. The van der Waals surface area contributed by atoms with Crippen molar-refractivity contribution < 1.29 is 14.4 Å². The van der Waals surface area contributed by atoms with Gasteiger partial charge in [0.15, 0.2) is 0 Å². The Morgan fingerprint density at radius 1 is 1.04 bits per heavy atom. The van der Waals surface area contributed by atoms with Crippen LogP contribution in [-0.4, -0.2) is 21.0 Å². The monoisotopic (exact) mass is 332 g/mol. The molecule has 0 aliphatic carbocycles. The van der Waals surface area contributed by atoms with Crippen LogP contribution >= 0.6 is 0 Å². The zero-order valence-electron chi connectivity index (χ0n) is 13.7. The van der Waals surface area contributed by atoms with Gasteiger partial charge in [0, 0.05) is 4.90 Å². The quantitative estimate of drug-likeness (QED) is 0.809. The van der Waals surface area contributed by atoms with Gasteiger partial charge in [-0.15, -0.1) is 0 Å². The molecule has 2 unspecified atom stereocenters. The van der Waals surface area contributed by atoms with Crippen LogP contribution < -0.4 is 0 Å². The standard InChI is InChI=1S/C19H24O3S/c1-3-4-13-19(14-20,16-7-5-15(2)6-8-16)23(22)18-11-9-17(21)10-12-18/h5-12,20-21H,3-4,13-14H2,1-2H3. The first kappa shape index (κ1) is 17.7. The first-order chi connectivity index (χ1) is 11.0. The minimum Gasteiger partial charge on any atom is -0.508 e. The predicted octanol–water partition coefficient (Wildman–Crippen LogP) is 3.89. The van der Waals surface area contributed by atoms with E-state index < -0.39 is 15.5 Å². The van der Waals surface area contributed by atoms with Crippen molar-refractivity contribution in [3.05, 3.63) is 59.7 Å². The van der Waals surface area contributed by atoms with Crippen molar-refractivity contribution >= 4 is 10.8 Å². The van der Waals surface area contributed by atoms with Gasteiger partial charge in [0.25, 0.3) is 0 Å². The van der Waals surface area contributed by atoms with E-state index in [0.29, 0.717) is 11.3 Å². The lowest BCUT2D eigenvalue weighted by molar-refractivity contribution is 0.235. The summed E-state index contributed by atoms with van der Waals surface area (Å²) in [5, 5.41) is 19.6. The first-order valence-electron chi connectivity index (χ1n) is 7.92. The van der Waals surface area contributed by atoms with Gasteiger partial charge in [0.2, 0.25) is 0 Å². The van der Waals surface area contributed by atoms with Crippen LogP contribution in [0.5, 0.6) is 5.75 Å². The van der Waals surface area contributed by atoms with Gasteiger partial charge in [-0.05, 0) is 43.2 Å². The number of aliphatic hydroxyl groups is 1. The minimum atomic E-state index is -1.41. The maximum Gasteiger partial charge on any atom is 0.115 e. The van der Waals surface area contributed by atoms with Crippen molar-refractivity contribution in [2.24, 2.45) is 0 Å². The SMILES string of the molecule is CCCCC(CO)(c1ccc(C)cc1)S(=O)c1ccc(O)cc1. The Labute approximate surface area is 140 Å². The molecule has 0 radical (unpaired) electrons. The van der Waals surface area contributed by atoms with Gasteiger partial charge >= 0.3 is 0 Å². The Kier molecular flexibility index (Phi) is 5.97. The van der Waals surface area contributed by atoms with E-state index in [0.717, 1.165) is 24.0 Å². The maximum atomic E-state index is 13.3. The van der Waals surface area contributed by atoms with Gasteiger partial charge in [-0.25, -0.2) is 0 Å². The molecule has 2 rings (SSSR count). The number of benzene rings is 2. The van der Waals surface area contributed by atoms with Crippen LogP contribution in [0.15, 0.2) is 53.4 Å². The normalized spacial score (nSPS) is 15.1. The average molecular weight is 332 g/mol. The van der Waals surface area contributed by atoms with Gasteiger partial charge in [-0.3, -0.25) is 4.21 Å². The van der Waals surface area contributed by atoms with Crippen molar-refractivity contribution in [1.29, 1.82) is 0 Å². The molecule has 2 aromatic rings. The largest absolute Gasteiger partial charge is 0.508 e. The van der Waals surface area contributed by atoms with E-state index in [9.17, 15) is 14.4 Å². The second kappa shape index (κ2) is 7.75. The van der Waals surface area contributed by atoms with E-state index in [4.69, 9.17) is 0 Å². The summed E-state index contributed by atoms with van der Waals surface area (Å²) in [5.41, 5.74) is 2.02. The number of rotatable bonds is 7. The second-order valence-electron chi connectivity index (χ2n) is 5.88. The van der Waals surface area contributed by atoms with Crippen molar-refractivity contribution in [1.82, 2.24) is 0 Å². The third-order valence-corrected chi connectivity index (χ3v) is 6.15. The van der Waals surface area contributed by atoms with Crippen LogP contribution in [0.25, 0.3) is 0 Å². The Balaban J connectivity index is 2.49. The van der Waals surface area contributed by atoms with E-state index >= 15 is 0 Å². The molecule has 0 bridgehead atoms. The molecule has 2 atom stereocenters. The summed E-state index contributed by atoms with van der Waals surface area (Å²) in [7, 11) is -1.41. The van der Waals surface area contributed by atoms with Crippen LogP contribution in [0.1, 0.15) is 37.3 Å². The van der Waals surface area contributed by atoms with E-state index in [1.165, 1.54) is 12.1 Å². The van der Waals surface area contributed by atoms with Crippen molar-refractivity contribution in [3.63, 3.8) is 0 Å². The molecule has 0 fully saturated rings. The molecule has 0 aromatic heterocycles. The molecule has 0 spiro atoms. The highest BCUT2D eigenvalue weighted by Gasteiger charge is 2.38. The number of hydrogen-bond acceptors (Lipinski definition) is 3. The van der Waals surface area contributed by atoms with Crippen LogP contribution in [0.4, 0.5) is 0 Å². The lowest BCUT2D eigenvalue weighted by Crippen LogP contribution is -2.36. The fraction of sp³-hybridized carbons (Fsp3) is 0.368. The first-order valence-corrected chi connectivity index (χ1v) is 9.07. The molecule has 124 valence electrons. The van der Waals surface area contributed by atoms with Crippen molar-refractivity contribution in [2.75, 3.05) is 6.61 Å². The third kappa shape index (κ3) is 3.82. The molecular weight excluding hydrogens is 308 g/mol. The zero-order valence-corrected chi connectivity index (χ0v) is 14.5. The van der Waals surface area contributed by atoms with E-state index in [2.05, 4.69) is 6.92 Å². The highest BCUT2D eigenvalue weighted by Crippen LogP contribution is 2.37. The van der Waals surface area contributed by atoms with E-state index in [1.54, 1.807) is 12.1 Å². The smallest absolute Gasteiger partial charge is 0.115 e. The highest BCUT2D eigenvalue weighted by molar-refractivity contribution is 7.86. The lowest BCUT2D eigenvalue weighted by Gasteiger charge is -2.32. The highest BCUT2D eigenvalue weighted by atomic mass is 32.2. The van der Waals surface area contributed by atoms with E-state index in [-0.39, 0.29) is 12.4 Å². The molecule has 0 saturated carbocycles. The van der Waals surface area contributed by atoms with Gasteiger partial charge in [-0.2, -0.15) is 0 Å². The number of aryl methyl sites for hydroxylation is 1. The zero-order chi connectivity index (χ0) is 16.9. The topological polar surface area (TPSA) is 57.5 Å². The van der Waals surface area contributed by atoms with Crippen LogP contribution in [0.3, 0.4) is 0 Å². The van der Waals surface area contributed by atoms with Crippen molar-refractivity contribution in [2.45, 2.75) is 42.8 Å². The number of phenols is 1. The number of phenolic OH excluding ortho intramolecular Hbond substituents is 1. The maximum absolute atomic E-state index is 13.3. The lowest BCUT2D eigenvalue weighted by atomic mass is 9.92. The Hall–Kier alpha value is -1.65. The number of aliphatic hydroxyl groups excluding tert-OH is 1. The Bertz CT molecular complexity index is 649. The molecule has 0 saturated heterocycles. The fourth-order valence-electron chi connectivity index (χ4n) is 2.69. The molecule has 0 aliphatic rings. The molecular formula is C19H24O3S. The predicted molar refractivity (Wildman–Crippen MR) is 94.0 cm³/mol. The van der Waals surface area contributed by atoms with Gasteiger partial charge in [-0.1, -0.05) is 49.6 Å². The minimum absolute atomic E-state index is 0.143. The summed E-state index contributed by atoms with van der Waals surface area (Å²) in [6.45, 7) is 3.91. The Morgan fingerprint density at radius 2 is 1.65 bits per heavy atom.